The number of hydrogen-bond donors (Lipinski definition) is 3. The first-order valence-electron chi connectivity index (χ1n) is 6.13. The minimum Gasteiger partial charge on any atom is -0.506 e. The van der Waals surface area contributed by atoms with E-state index in [0.29, 0.717) is 17.8 Å². The quantitative estimate of drug-likeness (QED) is 0.681. The third-order valence-electron chi connectivity index (χ3n) is 3.12. The number of aromatic nitrogens is 2. The summed E-state index contributed by atoms with van der Waals surface area (Å²) in [6, 6.07) is 12.4. The fraction of sp³-hybridized carbons (Fsp3) is 0.0667. The Morgan fingerprint density at radius 2 is 1.90 bits per heavy atom. The van der Waals surface area contributed by atoms with E-state index in [4.69, 9.17) is 5.11 Å². The summed E-state index contributed by atoms with van der Waals surface area (Å²) < 4.78 is 0. The van der Waals surface area contributed by atoms with Gasteiger partial charge in [-0.25, -0.2) is 9.78 Å². The molecule has 5 nitrogen and oxygen atoms in total. The molecule has 1 aromatic heterocycles. The van der Waals surface area contributed by atoms with Gasteiger partial charge in [-0.2, -0.15) is 0 Å². The van der Waals surface area contributed by atoms with Crippen LogP contribution in [0, 0.1) is 0 Å². The number of rotatable bonds is 3. The van der Waals surface area contributed by atoms with Crippen LogP contribution in [0.25, 0.3) is 11.0 Å². The molecule has 0 aliphatic rings. The Labute approximate surface area is 114 Å². The molecule has 20 heavy (non-hydrogen) atoms. The first-order valence-corrected chi connectivity index (χ1v) is 6.13. The molecule has 3 rings (SSSR count). The van der Waals surface area contributed by atoms with Gasteiger partial charge in [0.15, 0.2) is 0 Å². The van der Waals surface area contributed by atoms with Crippen molar-refractivity contribution in [1.82, 2.24) is 9.97 Å². The van der Waals surface area contributed by atoms with Gasteiger partial charge in [-0.3, -0.25) is 0 Å². The molecule has 0 aliphatic carbocycles. The van der Waals surface area contributed by atoms with Gasteiger partial charge in [0.2, 0.25) is 0 Å². The average Bonchev–Trinajstić information content (AvgIpc) is 2.84. The molecule has 0 saturated carbocycles. The number of carbonyl (C=O) groups is 1. The van der Waals surface area contributed by atoms with E-state index >= 15 is 0 Å². The maximum absolute atomic E-state index is 11.2. The Hall–Kier alpha value is -2.82. The second-order valence-corrected chi connectivity index (χ2v) is 4.51. The lowest BCUT2D eigenvalue weighted by Crippen LogP contribution is -1.97. The number of aromatic amines is 1. The predicted octanol–water partition coefficient (Wildman–Crippen LogP) is 2.56. The number of hydrogen-bond acceptors (Lipinski definition) is 3. The van der Waals surface area contributed by atoms with Gasteiger partial charge < -0.3 is 15.2 Å². The molecule has 1 heterocycles. The predicted molar refractivity (Wildman–Crippen MR) is 74.0 cm³/mol. The first kappa shape index (κ1) is 12.2. The van der Waals surface area contributed by atoms with Crippen LogP contribution in [0.5, 0.6) is 5.75 Å². The lowest BCUT2D eigenvalue weighted by molar-refractivity contribution is 0.0699. The van der Waals surface area contributed by atoms with E-state index in [-0.39, 0.29) is 16.8 Å². The fourth-order valence-electron chi connectivity index (χ4n) is 2.17. The average molecular weight is 268 g/mol. The summed E-state index contributed by atoms with van der Waals surface area (Å²) in [5.74, 6) is -0.445. The van der Waals surface area contributed by atoms with Gasteiger partial charge in [0, 0.05) is 6.42 Å². The van der Waals surface area contributed by atoms with Crippen molar-refractivity contribution in [2.45, 2.75) is 6.42 Å². The van der Waals surface area contributed by atoms with E-state index in [0.717, 1.165) is 5.56 Å². The van der Waals surface area contributed by atoms with Crippen LogP contribution in [0.3, 0.4) is 0 Å². The van der Waals surface area contributed by atoms with Crippen molar-refractivity contribution in [3.05, 3.63) is 59.4 Å². The van der Waals surface area contributed by atoms with E-state index < -0.39 is 5.97 Å². The lowest BCUT2D eigenvalue weighted by atomic mass is 10.1. The minimum atomic E-state index is -1.06. The summed E-state index contributed by atoms with van der Waals surface area (Å²) in [6.45, 7) is 0. The van der Waals surface area contributed by atoms with Crippen molar-refractivity contribution < 1.29 is 15.0 Å². The number of carboxylic acids is 1. The summed E-state index contributed by atoms with van der Waals surface area (Å²) >= 11 is 0. The van der Waals surface area contributed by atoms with Crippen LogP contribution in [0.2, 0.25) is 0 Å². The number of nitrogens with zero attached hydrogens (tertiary/aromatic N) is 1. The summed E-state index contributed by atoms with van der Waals surface area (Å²) in [5.41, 5.74) is 1.77. The number of fused-ring (bicyclic) bond motifs is 1. The van der Waals surface area contributed by atoms with Gasteiger partial charge in [-0.15, -0.1) is 0 Å². The molecule has 0 fully saturated rings. The molecule has 0 amide bonds. The van der Waals surface area contributed by atoms with Crippen molar-refractivity contribution in [2.75, 3.05) is 0 Å². The van der Waals surface area contributed by atoms with Gasteiger partial charge in [0.1, 0.15) is 22.6 Å². The molecule has 0 spiro atoms. The second-order valence-electron chi connectivity index (χ2n) is 4.51. The van der Waals surface area contributed by atoms with Gasteiger partial charge in [0.25, 0.3) is 0 Å². The van der Waals surface area contributed by atoms with Crippen LogP contribution in [0.4, 0.5) is 0 Å². The van der Waals surface area contributed by atoms with Gasteiger partial charge in [-0.1, -0.05) is 30.3 Å². The van der Waals surface area contributed by atoms with Gasteiger partial charge >= 0.3 is 5.97 Å². The van der Waals surface area contributed by atoms with Crippen LogP contribution in [0.15, 0.2) is 42.5 Å². The molecule has 0 saturated heterocycles. The molecule has 0 atom stereocenters. The minimum absolute atomic E-state index is 0.00295. The van der Waals surface area contributed by atoms with Crippen molar-refractivity contribution in [3.63, 3.8) is 0 Å². The van der Waals surface area contributed by atoms with Crippen molar-refractivity contribution >= 4 is 17.0 Å². The zero-order chi connectivity index (χ0) is 14.1. The molecular formula is C15H12N2O3. The Balaban J connectivity index is 2.08. The maximum Gasteiger partial charge on any atom is 0.337 e. The molecule has 0 radical (unpaired) electrons. The third kappa shape index (κ3) is 2.09. The molecule has 3 aromatic rings. The number of phenolic OH excluding ortho intramolecular Hbond substituents is 1. The highest BCUT2D eigenvalue weighted by molar-refractivity contribution is 6.02. The third-order valence-corrected chi connectivity index (χ3v) is 3.12. The van der Waals surface area contributed by atoms with Crippen molar-refractivity contribution in [3.8, 4) is 5.75 Å². The molecule has 2 aromatic carbocycles. The van der Waals surface area contributed by atoms with E-state index in [9.17, 15) is 9.90 Å². The Bertz CT molecular complexity index is 778. The molecule has 0 unspecified atom stereocenters. The van der Waals surface area contributed by atoms with Gasteiger partial charge in [0.05, 0.1) is 5.56 Å². The number of carboxylic acid groups (broad SMARTS) is 1. The van der Waals surface area contributed by atoms with E-state index in [2.05, 4.69) is 9.97 Å². The number of nitrogens with one attached hydrogen (secondary N) is 1. The normalized spacial score (nSPS) is 10.8. The number of aromatic carboxylic acids is 1. The zero-order valence-electron chi connectivity index (χ0n) is 10.5. The molecule has 3 N–H and O–H groups in total. The molecule has 5 heteroatoms. The zero-order valence-corrected chi connectivity index (χ0v) is 10.5. The summed E-state index contributed by atoms with van der Waals surface area (Å²) in [5, 5.41) is 18.9. The van der Waals surface area contributed by atoms with Crippen LogP contribution in [-0.4, -0.2) is 26.2 Å². The highest BCUT2D eigenvalue weighted by Gasteiger charge is 2.15. The Kier molecular flexibility index (Phi) is 2.87. The number of benzene rings is 2. The number of aromatic hydroxyl groups is 1. The molecule has 0 aliphatic heterocycles. The second kappa shape index (κ2) is 4.70. The fourth-order valence-corrected chi connectivity index (χ4v) is 2.17. The number of H-pyrrole nitrogens is 1. The summed E-state index contributed by atoms with van der Waals surface area (Å²) in [4.78, 5) is 18.4. The monoisotopic (exact) mass is 268 g/mol. The molecular weight excluding hydrogens is 256 g/mol. The standard InChI is InChI=1S/C15H12N2O3/c18-11-7-6-10(15(19)20)13-14(11)17-12(16-13)8-9-4-2-1-3-5-9/h1-7,18H,8H2,(H,16,17)(H,19,20). The highest BCUT2D eigenvalue weighted by atomic mass is 16.4. The maximum atomic E-state index is 11.2. The van der Waals surface area contributed by atoms with Crippen LogP contribution >= 0.6 is 0 Å². The van der Waals surface area contributed by atoms with Gasteiger partial charge in [-0.05, 0) is 17.7 Å². The first-order chi connectivity index (χ1) is 9.65. The van der Waals surface area contributed by atoms with E-state index in [1.54, 1.807) is 0 Å². The van der Waals surface area contributed by atoms with Crippen LogP contribution in [0.1, 0.15) is 21.7 Å². The summed E-state index contributed by atoms with van der Waals surface area (Å²) in [6.07, 6.45) is 0.550. The topological polar surface area (TPSA) is 86.2 Å². The largest absolute Gasteiger partial charge is 0.506 e. The van der Waals surface area contributed by atoms with Crippen molar-refractivity contribution in [2.24, 2.45) is 0 Å². The van der Waals surface area contributed by atoms with E-state index in [1.807, 2.05) is 30.3 Å². The Morgan fingerprint density at radius 1 is 1.15 bits per heavy atom. The number of phenols is 1. The SMILES string of the molecule is O=C(O)c1ccc(O)c2[nH]c(Cc3ccccc3)nc12. The molecule has 0 bridgehead atoms. The molecule has 100 valence electrons. The number of imidazole rings is 1. The summed E-state index contributed by atoms with van der Waals surface area (Å²) in [7, 11) is 0. The van der Waals surface area contributed by atoms with Crippen molar-refractivity contribution in [1.29, 1.82) is 0 Å². The highest BCUT2D eigenvalue weighted by Crippen LogP contribution is 2.26. The Morgan fingerprint density at radius 3 is 2.60 bits per heavy atom. The lowest BCUT2D eigenvalue weighted by Gasteiger charge is -1.97. The smallest absolute Gasteiger partial charge is 0.337 e. The van der Waals surface area contributed by atoms with Crippen LogP contribution < -0.4 is 0 Å². The van der Waals surface area contributed by atoms with E-state index in [1.165, 1.54) is 12.1 Å². The van der Waals surface area contributed by atoms with Crippen LogP contribution in [-0.2, 0) is 6.42 Å².